The van der Waals surface area contributed by atoms with Gasteiger partial charge in [-0.15, -0.1) is 11.3 Å². The minimum atomic E-state index is 0.140. The van der Waals surface area contributed by atoms with Gasteiger partial charge in [0, 0.05) is 31.4 Å². The molecule has 0 atom stereocenters. The number of nitrogens with zero attached hydrogens (tertiary/aromatic N) is 3. The van der Waals surface area contributed by atoms with Gasteiger partial charge in [0.25, 0.3) is 0 Å². The van der Waals surface area contributed by atoms with Gasteiger partial charge < -0.3 is 15.3 Å². The van der Waals surface area contributed by atoms with Gasteiger partial charge in [-0.25, -0.2) is 4.98 Å². The zero-order valence-electron chi connectivity index (χ0n) is 10.1. The number of hydrogen-bond acceptors (Lipinski definition) is 6. The van der Waals surface area contributed by atoms with Crippen LogP contribution in [0.5, 0.6) is 0 Å². The highest BCUT2D eigenvalue weighted by Crippen LogP contribution is 2.38. The normalized spacial score (nSPS) is 14.0. The minimum absolute atomic E-state index is 0.140. The Morgan fingerprint density at radius 2 is 2.50 bits per heavy atom. The van der Waals surface area contributed by atoms with Crippen LogP contribution in [-0.2, 0) is 6.42 Å². The fourth-order valence-electron chi connectivity index (χ4n) is 2.22. The van der Waals surface area contributed by atoms with Crippen molar-refractivity contribution >= 4 is 22.3 Å². The molecule has 2 aromatic rings. The average Bonchev–Trinajstić information content (AvgIpc) is 2.98. The summed E-state index contributed by atoms with van der Waals surface area (Å²) in [7, 11) is 1.88. The molecule has 1 aliphatic heterocycles. The summed E-state index contributed by atoms with van der Waals surface area (Å²) in [5.74, 6) is 0.954. The van der Waals surface area contributed by atoms with E-state index in [1.165, 1.54) is 4.88 Å². The van der Waals surface area contributed by atoms with Crippen molar-refractivity contribution in [3.8, 4) is 11.3 Å². The van der Waals surface area contributed by atoms with Crippen LogP contribution in [0.2, 0.25) is 0 Å². The Morgan fingerprint density at radius 1 is 1.61 bits per heavy atom. The third-order valence-electron chi connectivity index (χ3n) is 3.08. The molecule has 0 radical (unpaired) electrons. The smallest absolute Gasteiger partial charge is 0.183 e. The second kappa shape index (κ2) is 4.58. The molecule has 7 heteroatoms. The molecule has 0 saturated heterocycles. The van der Waals surface area contributed by atoms with Gasteiger partial charge in [0.1, 0.15) is 5.82 Å². The molecular weight excluding hydrogens is 250 g/mol. The highest BCUT2D eigenvalue weighted by Gasteiger charge is 2.24. The van der Waals surface area contributed by atoms with E-state index in [1.807, 2.05) is 13.2 Å². The summed E-state index contributed by atoms with van der Waals surface area (Å²) < 4.78 is 0. The Kier molecular flexibility index (Phi) is 2.92. The summed E-state index contributed by atoms with van der Waals surface area (Å²) >= 11 is 1.68. The summed E-state index contributed by atoms with van der Waals surface area (Å²) in [6.45, 7) is 1.62. The molecule has 0 fully saturated rings. The number of fused-ring (bicyclic) bond motifs is 3. The molecule has 0 spiro atoms. The van der Waals surface area contributed by atoms with Gasteiger partial charge in [0.05, 0.1) is 24.1 Å². The molecular formula is C11H15N5OS. The molecule has 0 aliphatic carbocycles. The van der Waals surface area contributed by atoms with Crippen LogP contribution < -0.4 is 10.2 Å². The van der Waals surface area contributed by atoms with Gasteiger partial charge in [-0.2, -0.15) is 5.10 Å². The summed E-state index contributed by atoms with van der Waals surface area (Å²) in [6, 6.07) is 0. The summed E-state index contributed by atoms with van der Waals surface area (Å²) in [5.41, 5.74) is 2.03. The number of aromatic amines is 1. The van der Waals surface area contributed by atoms with Crippen molar-refractivity contribution < 1.29 is 5.11 Å². The maximum Gasteiger partial charge on any atom is 0.183 e. The van der Waals surface area contributed by atoms with E-state index in [2.05, 4.69) is 25.4 Å². The molecule has 0 aromatic carbocycles. The van der Waals surface area contributed by atoms with E-state index in [1.54, 1.807) is 11.3 Å². The molecule has 0 saturated carbocycles. The first-order valence-electron chi connectivity index (χ1n) is 5.90. The number of aromatic nitrogens is 3. The number of anilines is 2. The minimum Gasteiger partial charge on any atom is -0.395 e. The zero-order chi connectivity index (χ0) is 12.5. The number of aliphatic hydroxyl groups excluding tert-OH is 1. The second-order valence-corrected chi connectivity index (χ2v) is 5.22. The molecule has 1 aliphatic rings. The third-order valence-corrected chi connectivity index (χ3v) is 4.21. The van der Waals surface area contributed by atoms with E-state index < -0.39 is 0 Å². The Hall–Kier alpha value is -1.60. The molecule has 3 rings (SSSR count). The molecule has 3 heterocycles. The number of rotatable bonds is 3. The van der Waals surface area contributed by atoms with Gasteiger partial charge in [0.15, 0.2) is 5.13 Å². The van der Waals surface area contributed by atoms with Crippen LogP contribution in [0.3, 0.4) is 0 Å². The summed E-state index contributed by atoms with van der Waals surface area (Å²) in [4.78, 5) is 7.98. The number of thiazole rings is 1. The number of aliphatic hydroxyl groups is 1. The van der Waals surface area contributed by atoms with Crippen molar-refractivity contribution in [3.63, 3.8) is 0 Å². The molecule has 0 amide bonds. The van der Waals surface area contributed by atoms with Crippen LogP contribution in [-0.4, -0.2) is 47.0 Å². The van der Waals surface area contributed by atoms with Crippen molar-refractivity contribution in [3.05, 3.63) is 11.1 Å². The fraction of sp³-hybridized carbons (Fsp3) is 0.455. The largest absolute Gasteiger partial charge is 0.395 e. The summed E-state index contributed by atoms with van der Waals surface area (Å²) in [5, 5.41) is 20.3. The molecule has 0 bridgehead atoms. The monoisotopic (exact) mass is 265 g/mol. The summed E-state index contributed by atoms with van der Waals surface area (Å²) in [6.07, 6.45) is 2.75. The number of nitrogens with one attached hydrogen (secondary N) is 2. The Bertz CT molecular complexity index is 549. The first-order chi connectivity index (χ1) is 8.83. The lowest BCUT2D eigenvalue weighted by atomic mass is 10.2. The first kappa shape index (κ1) is 11.5. The number of β-amino-alcohol motifs (C(OH)–C–C–N with tert-alkyl or cyclic N) is 1. The maximum atomic E-state index is 9.12. The van der Waals surface area contributed by atoms with E-state index in [0.29, 0.717) is 6.54 Å². The van der Waals surface area contributed by atoms with E-state index in [9.17, 15) is 0 Å². The Morgan fingerprint density at radius 3 is 3.28 bits per heavy atom. The van der Waals surface area contributed by atoms with E-state index in [4.69, 9.17) is 5.11 Å². The molecule has 2 aromatic heterocycles. The van der Waals surface area contributed by atoms with Gasteiger partial charge >= 0.3 is 0 Å². The first-order valence-corrected chi connectivity index (χ1v) is 6.72. The standard InChI is InChI=1S/C11H15N5OS/c1-12-11-14-9-7-6-13-15-10(7)16(4-5-17)3-2-8(9)18-11/h6,17H,2-5H2,1H3,(H,12,14)(H,13,15). The lowest BCUT2D eigenvalue weighted by Crippen LogP contribution is -2.28. The predicted octanol–water partition coefficient (Wildman–Crippen LogP) is 0.930. The molecule has 0 unspecified atom stereocenters. The SMILES string of the molecule is CNc1nc2c(s1)CCN(CCO)c1[nH]ncc1-2. The van der Waals surface area contributed by atoms with E-state index in [0.717, 1.165) is 35.2 Å². The molecule has 6 nitrogen and oxygen atoms in total. The topological polar surface area (TPSA) is 77.1 Å². The highest BCUT2D eigenvalue weighted by atomic mass is 32.1. The lowest BCUT2D eigenvalue weighted by Gasteiger charge is -2.20. The van der Waals surface area contributed by atoms with E-state index in [-0.39, 0.29) is 6.61 Å². The average molecular weight is 265 g/mol. The Balaban J connectivity index is 2.07. The van der Waals surface area contributed by atoms with Crippen molar-refractivity contribution in [1.82, 2.24) is 15.2 Å². The van der Waals surface area contributed by atoms with Crippen molar-refractivity contribution in [2.24, 2.45) is 0 Å². The second-order valence-electron chi connectivity index (χ2n) is 4.13. The quantitative estimate of drug-likeness (QED) is 0.769. The van der Waals surface area contributed by atoms with Gasteiger partial charge in [-0.1, -0.05) is 0 Å². The van der Waals surface area contributed by atoms with Gasteiger partial charge in [-0.05, 0) is 0 Å². The van der Waals surface area contributed by atoms with Crippen LogP contribution >= 0.6 is 11.3 Å². The fourth-order valence-corrected chi connectivity index (χ4v) is 3.14. The van der Waals surface area contributed by atoms with Crippen LogP contribution in [0.25, 0.3) is 11.3 Å². The number of H-pyrrole nitrogens is 1. The maximum absolute atomic E-state index is 9.12. The van der Waals surface area contributed by atoms with Gasteiger partial charge in [-0.3, -0.25) is 5.10 Å². The van der Waals surface area contributed by atoms with Crippen LogP contribution in [0, 0.1) is 0 Å². The lowest BCUT2D eigenvalue weighted by molar-refractivity contribution is 0.301. The van der Waals surface area contributed by atoms with Crippen molar-refractivity contribution in [2.45, 2.75) is 6.42 Å². The third kappa shape index (κ3) is 1.75. The van der Waals surface area contributed by atoms with E-state index >= 15 is 0 Å². The Labute approximate surface area is 109 Å². The van der Waals surface area contributed by atoms with Crippen LogP contribution in [0.4, 0.5) is 10.9 Å². The zero-order valence-corrected chi connectivity index (χ0v) is 10.9. The van der Waals surface area contributed by atoms with Crippen LogP contribution in [0.15, 0.2) is 6.20 Å². The predicted molar refractivity (Wildman–Crippen MR) is 72.2 cm³/mol. The molecule has 3 N–H and O–H groups in total. The highest BCUT2D eigenvalue weighted by molar-refractivity contribution is 7.16. The number of hydrogen-bond donors (Lipinski definition) is 3. The van der Waals surface area contributed by atoms with Crippen molar-refractivity contribution in [1.29, 1.82) is 0 Å². The molecule has 18 heavy (non-hydrogen) atoms. The van der Waals surface area contributed by atoms with Crippen molar-refractivity contribution in [2.75, 3.05) is 37.0 Å². The van der Waals surface area contributed by atoms with Gasteiger partial charge in [0.2, 0.25) is 0 Å². The molecule has 96 valence electrons. The van der Waals surface area contributed by atoms with Crippen LogP contribution in [0.1, 0.15) is 4.88 Å².